The number of fused-ring (bicyclic) bond motifs is 1. The van der Waals surface area contributed by atoms with Crippen molar-refractivity contribution in [2.45, 2.75) is 12.6 Å². The van der Waals surface area contributed by atoms with Crippen LogP contribution in [-0.2, 0) is 22.2 Å². The summed E-state index contributed by atoms with van der Waals surface area (Å²) in [6.07, 6.45) is 0.157. The number of halogens is 3. The Bertz CT molecular complexity index is 1010. The van der Waals surface area contributed by atoms with Gasteiger partial charge in [0.1, 0.15) is 5.82 Å². The van der Waals surface area contributed by atoms with Crippen molar-refractivity contribution in [1.82, 2.24) is 9.88 Å². The van der Waals surface area contributed by atoms with Gasteiger partial charge in [-0.2, -0.15) is 13.2 Å². The molecular weight excluding hydrogens is 409 g/mol. The number of carbonyl (C=O) groups excluding carboxylic acids is 2. The minimum absolute atomic E-state index is 0.0523. The van der Waals surface area contributed by atoms with E-state index in [9.17, 15) is 22.8 Å². The number of ketones is 1. The number of pyridine rings is 1. The van der Waals surface area contributed by atoms with Crippen LogP contribution in [0.3, 0.4) is 0 Å². The maximum absolute atomic E-state index is 12.7. The lowest BCUT2D eigenvalue weighted by molar-refractivity contribution is -0.137. The van der Waals surface area contributed by atoms with Crippen LogP contribution in [0.4, 0.5) is 24.7 Å². The van der Waals surface area contributed by atoms with E-state index in [1.165, 1.54) is 6.07 Å². The van der Waals surface area contributed by atoms with Crippen molar-refractivity contribution in [3.05, 3.63) is 59.3 Å². The predicted octanol–water partition coefficient (Wildman–Crippen LogP) is 3.00. The summed E-state index contributed by atoms with van der Waals surface area (Å²) in [7, 11) is 0. The molecule has 1 aliphatic carbocycles. The maximum Gasteiger partial charge on any atom is 0.417 e. The highest BCUT2D eigenvalue weighted by Crippen LogP contribution is 2.29. The van der Waals surface area contributed by atoms with Crippen LogP contribution in [0.5, 0.6) is 0 Å². The van der Waals surface area contributed by atoms with E-state index in [0.717, 1.165) is 29.1 Å². The van der Waals surface area contributed by atoms with Crippen molar-refractivity contribution in [1.29, 1.82) is 0 Å². The second kappa shape index (κ2) is 8.41. The molecule has 0 spiro atoms. The SMILES string of the molecule is O=C1C=Cc2cc(NCC(=O)N3CCN(c4ccc(C(F)(F)F)cn4)CC3)ccc2C1. The Morgan fingerprint density at radius 3 is 2.52 bits per heavy atom. The quantitative estimate of drug-likeness (QED) is 0.808. The van der Waals surface area contributed by atoms with E-state index in [1.807, 2.05) is 23.1 Å². The van der Waals surface area contributed by atoms with Gasteiger partial charge in [0, 0.05) is 44.5 Å². The highest BCUT2D eigenvalue weighted by molar-refractivity contribution is 5.98. The number of nitrogens with zero attached hydrogens (tertiary/aromatic N) is 3. The number of aromatic nitrogens is 1. The van der Waals surface area contributed by atoms with Gasteiger partial charge in [0.2, 0.25) is 5.91 Å². The third-order valence-corrected chi connectivity index (χ3v) is 5.43. The Hall–Kier alpha value is -3.36. The molecule has 31 heavy (non-hydrogen) atoms. The first-order valence-corrected chi connectivity index (χ1v) is 9.93. The van der Waals surface area contributed by atoms with Crippen LogP contribution in [0.25, 0.3) is 6.08 Å². The van der Waals surface area contributed by atoms with Gasteiger partial charge in [-0.3, -0.25) is 9.59 Å². The summed E-state index contributed by atoms with van der Waals surface area (Å²) >= 11 is 0. The zero-order valence-corrected chi connectivity index (χ0v) is 16.7. The average Bonchev–Trinajstić information content (AvgIpc) is 2.77. The molecule has 1 fully saturated rings. The normalized spacial score (nSPS) is 16.3. The fraction of sp³-hybridized carbons (Fsp3) is 0.318. The van der Waals surface area contributed by atoms with Crippen molar-refractivity contribution in [3.8, 4) is 0 Å². The largest absolute Gasteiger partial charge is 0.417 e. The minimum atomic E-state index is -4.41. The molecule has 1 aliphatic heterocycles. The van der Waals surface area contributed by atoms with Crippen LogP contribution >= 0.6 is 0 Å². The van der Waals surface area contributed by atoms with Crippen LogP contribution in [0.15, 0.2) is 42.6 Å². The molecule has 1 N–H and O–H groups in total. The molecule has 0 unspecified atom stereocenters. The van der Waals surface area contributed by atoms with Gasteiger partial charge in [-0.25, -0.2) is 4.98 Å². The van der Waals surface area contributed by atoms with Crippen molar-refractivity contribution >= 4 is 29.3 Å². The first-order chi connectivity index (χ1) is 14.8. The fourth-order valence-corrected chi connectivity index (χ4v) is 3.67. The van der Waals surface area contributed by atoms with Gasteiger partial charge in [0.25, 0.3) is 0 Å². The fourth-order valence-electron chi connectivity index (χ4n) is 3.67. The van der Waals surface area contributed by atoms with E-state index < -0.39 is 11.7 Å². The third-order valence-electron chi connectivity index (χ3n) is 5.43. The van der Waals surface area contributed by atoms with Gasteiger partial charge in [-0.1, -0.05) is 12.1 Å². The molecule has 0 radical (unpaired) electrons. The molecule has 0 bridgehead atoms. The number of allylic oxidation sites excluding steroid dienone is 1. The molecule has 1 aromatic heterocycles. The topological polar surface area (TPSA) is 65.5 Å². The van der Waals surface area contributed by atoms with E-state index in [1.54, 1.807) is 17.1 Å². The Morgan fingerprint density at radius 1 is 1.06 bits per heavy atom. The van der Waals surface area contributed by atoms with Crippen LogP contribution in [0, 0.1) is 0 Å². The summed E-state index contributed by atoms with van der Waals surface area (Å²) in [5, 5.41) is 3.12. The molecule has 1 saturated heterocycles. The smallest absolute Gasteiger partial charge is 0.376 e. The summed E-state index contributed by atoms with van der Waals surface area (Å²) in [5.74, 6) is 0.497. The van der Waals surface area contributed by atoms with Crippen LogP contribution < -0.4 is 10.2 Å². The molecule has 0 saturated carbocycles. The number of carbonyl (C=O) groups is 2. The van der Waals surface area contributed by atoms with Crippen molar-refractivity contribution in [3.63, 3.8) is 0 Å². The number of hydrogen-bond acceptors (Lipinski definition) is 5. The molecule has 2 aromatic rings. The number of benzene rings is 1. The number of hydrogen-bond donors (Lipinski definition) is 1. The Balaban J connectivity index is 1.28. The van der Waals surface area contributed by atoms with E-state index in [0.29, 0.717) is 38.4 Å². The molecule has 6 nitrogen and oxygen atoms in total. The highest BCUT2D eigenvalue weighted by atomic mass is 19.4. The minimum Gasteiger partial charge on any atom is -0.376 e. The molecule has 1 aromatic carbocycles. The molecule has 162 valence electrons. The highest BCUT2D eigenvalue weighted by Gasteiger charge is 2.31. The third kappa shape index (κ3) is 4.87. The Morgan fingerprint density at radius 2 is 1.84 bits per heavy atom. The van der Waals surface area contributed by atoms with Crippen molar-refractivity contribution in [2.75, 3.05) is 42.9 Å². The number of rotatable bonds is 4. The second-order valence-corrected chi connectivity index (χ2v) is 7.51. The number of amides is 1. The lowest BCUT2D eigenvalue weighted by Gasteiger charge is -2.35. The van der Waals surface area contributed by atoms with E-state index in [2.05, 4.69) is 10.3 Å². The zero-order valence-electron chi connectivity index (χ0n) is 16.7. The number of anilines is 2. The number of nitrogens with one attached hydrogen (secondary N) is 1. The van der Waals surface area contributed by atoms with E-state index in [-0.39, 0.29) is 18.2 Å². The molecule has 0 atom stereocenters. The molecule has 4 rings (SSSR count). The lowest BCUT2D eigenvalue weighted by Crippen LogP contribution is -2.50. The van der Waals surface area contributed by atoms with Gasteiger partial charge in [0.05, 0.1) is 12.1 Å². The first-order valence-electron chi connectivity index (χ1n) is 9.93. The van der Waals surface area contributed by atoms with Gasteiger partial charge in [-0.05, 0) is 41.5 Å². The van der Waals surface area contributed by atoms with Crippen LogP contribution in [0.2, 0.25) is 0 Å². The molecule has 2 aliphatic rings. The second-order valence-electron chi connectivity index (χ2n) is 7.51. The van der Waals surface area contributed by atoms with Gasteiger partial charge in [-0.15, -0.1) is 0 Å². The molecule has 2 heterocycles. The predicted molar refractivity (Wildman–Crippen MR) is 111 cm³/mol. The van der Waals surface area contributed by atoms with Gasteiger partial charge in [0.15, 0.2) is 5.78 Å². The van der Waals surface area contributed by atoms with E-state index >= 15 is 0 Å². The van der Waals surface area contributed by atoms with Crippen molar-refractivity contribution < 1.29 is 22.8 Å². The summed E-state index contributed by atoms with van der Waals surface area (Å²) in [6.45, 7) is 2.08. The summed E-state index contributed by atoms with van der Waals surface area (Å²) in [4.78, 5) is 31.5. The summed E-state index contributed by atoms with van der Waals surface area (Å²) < 4.78 is 38.0. The maximum atomic E-state index is 12.7. The van der Waals surface area contributed by atoms with Crippen molar-refractivity contribution in [2.24, 2.45) is 0 Å². The van der Waals surface area contributed by atoms with E-state index in [4.69, 9.17) is 0 Å². The number of piperazine rings is 1. The van der Waals surface area contributed by atoms with Gasteiger partial charge >= 0.3 is 6.18 Å². The average molecular weight is 430 g/mol. The molecular formula is C22H21F3N4O2. The number of alkyl halides is 3. The lowest BCUT2D eigenvalue weighted by atomic mass is 9.96. The van der Waals surface area contributed by atoms with Gasteiger partial charge < -0.3 is 15.1 Å². The molecule has 1 amide bonds. The summed E-state index contributed by atoms with van der Waals surface area (Å²) in [6, 6.07) is 8.04. The Labute approximate surface area is 177 Å². The zero-order chi connectivity index (χ0) is 22.0. The standard InChI is InChI=1S/C22H21F3N4O2/c23-22(24,25)17-3-6-20(27-13-17)28-7-9-29(10-8-28)21(31)14-26-18-4-1-16-12-19(30)5-2-15(16)11-18/h1-6,11,13,26H,7-10,12,14H2. The summed E-state index contributed by atoms with van der Waals surface area (Å²) in [5.41, 5.74) is 1.96. The van der Waals surface area contributed by atoms with Crippen LogP contribution in [0.1, 0.15) is 16.7 Å². The first kappa shape index (κ1) is 20.9. The Kier molecular flexibility index (Phi) is 5.67. The van der Waals surface area contributed by atoms with Crippen LogP contribution in [-0.4, -0.2) is 54.3 Å². The monoisotopic (exact) mass is 430 g/mol. The molecule has 9 heteroatoms.